The number of nitrogens with one attached hydrogen (secondary N) is 1. The maximum atomic E-state index is 11.6. The van der Waals surface area contributed by atoms with Crippen LogP contribution in [0.2, 0.25) is 0 Å². The largest absolute Gasteiger partial charge is 0.449 e. The zero-order chi connectivity index (χ0) is 15.7. The van der Waals surface area contributed by atoms with Gasteiger partial charge in [-0.25, -0.2) is 4.79 Å². The van der Waals surface area contributed by atoms with Crippen LogP contribution in [0.15, 0.2) is 34.8 Å². The molecule has 0 aliphatic rings. The molecular weight excluding hydrogens is 338 g/mol. The van der Waals surface area contributed by atoms with E-state index in [1.165, 1.54) is 13.0 Å². The molecule has 21 heavy (non-hydrogen) atoms. The first-order valence-corrected chi connectivity index (χ1v) is 7.23. The van der Waals surface area contributed by atoms with Gasteiger partial charge in [0.25, 0.3) is 5.91 Å². The average Bonchev–Trinajstić information content (AvgIpc) is 2.45. The first-order valence-electron chi connectivity index (χ1n) is 6.44. The Bertz CT molecular complexity index is 516. The molecule has 6 heteroatoms. The van der Waals surface area contributed by atoms with E-state index in [1.54, 1.807) is 13.2 Å². The molecule has 1 amide bonds. The van der Waals surface area contributed by atoms with Crippen molar-refractivity contribution in [1.29, 1.82) is 0 Å². The predicted molar refractivity (Wildman–Crippen MR) is 83.6 cm³/mol. The van der Waals surface area contributed by atoms with Crippen LogP contribution in [0.1, 0.15) is 12.5 Å². The van der Waals surface area contributed by atoms with Crippen LogP contribution in [0.25, 0.3) is 6.08 Å². The number of methoxy groups -OCH3 is 1. The molecule has 0 spiro atoms. The molecule has 0 radical (unpaired) electrons. The zero-order valence-corrected chi connectivity index (χ0v) is 13.6. The monoisotopic (exact) mass is 355 g/mol. The summed E-state index contributed by atoms with van der Waals surface area (Å²) in [5.41, 5.74) is 0.860. The fourth-order valence-corrected chi connectivity index (χ4v) is 1.88. The van der Waals surface area contributed by atoms with E-state index in [1.807, 2.05) is 24.3 Å². The number of hydrogen-bond donors (Lipinski definition) is 1. The normalized spacial score (nSPS) is 12.1. The van der Waals surface area contributed by atoms with Gasteiger partial charge in [-0.05, 0) is 30.7 Å². The summed E-state index contributed by atoms with van der Waals surface area (Å²) in [7, 11) is 1.54. The Morgan fingerprint density at radius 1 is 1.43 bits per heavy atom. The van der Waals surface area contributed by atoms with Gasteiger partial charge in [-0.15, -0.1) is 0 Å². The molecule has 1 rings (SSSR count). The highest BCUT2D eigenvalue weighted by Crippen LogP contribution is 2.12. The summed E-state index contributed by atoms with van der Waals surface area (Å²) < 4.78 is 10.7. The van der Waals surface area contributed by atoms with Crippen molar-refractivity contribution >= 4 is 33.9 Å². The minimum Gasteiger partial charge on any atom is -0.449 e. The van der Waals surface area contributed by atoms with Crippen molar-refractivity contribution in [3.63, 3.8) is 0 Å². The lowest BCUT2D eigenvalue weighted by atomic mass is 10.2. The minimum atomic E-state index is -0.846. The molecule has 0 heterocycles. The van der Waals surface area contributed by atoms with Crippen LogP contribution in [0.4, 0.5) is 0 Å². The predicted octanol–water partition coefficient (Wildman–Crippen LogP) is 2.16. The molecule has 0 aliphatic carbocycles. The fraction of sp³-hybridized carbons (Fsp3) is 0.333. The number of halogens is 1. The van der Waals surface area contributed by atoms with E-state index in [2.05, 4.69) is 21.2 Å². The molecule has 0 aromatic heterocycles. The quantitative estimate of drug-likeness (QED) is 0.462. The van der Waals surface area contributed by atoms with Gasteiger partial charge >= 0.3 is 5.97 Å². The molecule has 0 bridgehead atoms. The molecule has 1 N–H and O–H groups in total. The van der Waals surface area contributed by atoms with Gasteiger partial charge in [0.1, 0.15) is 0 Å². The van der Waals surface area contributed by atoms with Crippen molar-refractivity contribution in [3.05, 3.63) is 40.4 Å². The Kier molecular flexibility index (Phi) is 7.71. The van der Waals surface area contributed by atoms with E-state index >= 15 is 0 Å². The average molecular weight is 356 g/mol. The first kappa shape index (κ1) is 17.4. The number of carbonyl (C=O) groups is 2. The number of amides is 1. The molecule has 1 aromatic rings. The van der Waals surface area contributed by atoms with E-state index in [9.17, 15) is 9.59 Å². The smallest absolute Gasteiger partial charge is 0.331 e. The summed E-state index contributed by atoms with van der Waals surface area (Å²) in [5.74, 6) is -0.916. The van der Waals surface area contributed by atoms with Crippen LogP contribution >= 0.6 is 15.9 Å². The van der Waals surface area contributed by atoms with Gasteiger partial charge in [0.15, 0.2) is 6.10 Å². The van der Waals surface area contributed by atoms with Crippen molar-refractivity contribution in [2.75, 3.05) is 20.3 Å². The van der Waals surface area contributed by atoms with E-state index in [4.69, 9.17) is 9.47 Å². The molecule has 5 nitrogen and oxygen atoms in total. The number of benzene rings is 1. The van der Waals surface area contributed by atoms with Crippen molar-refractivity contribution in [2.24, 2.45) is 0 Å². The molecule has 1 atom stereocenters. The van der Waals surface area contributed by atoms with Crippen molar-refractivity contribution in [2.45, 2.75) is 13.0 Å². The maximum Gasteiger partial charge on any atom is 0.331 e. The third-order valence-corrected chi connectivity index (χ3v) is 3.02. The van der Waals surface area contributed by atoms with Gasteiger partial charge < -0.3 is 14.8 Å². The third kappa shape index (κ3) is 7.06. The Balaban J connectivity index is 2.43. The van der Waals surface area contributed by atoms with Crippen LogP contribution in [-0.2, 0) is 19.1 Å². The summed E-state index contributed by atoms with van der Waals surface area (Å²) in [6, 6.07) is 7.48. The number of esters is 1. The summed E-state index contributed by atoms with van der Waals surface area (Å²) >= 11 is 3.35. The standard InChI is InChI=1S/C15H18BrNO4/c1-11(15(19)17-8-9-20-2)21-14(18)7-6-12-4-3-5-13(16)10-12/h3-7,10-11H,8-9H2,1-2H3,(H,17,19)/b7-6+/t11-/m1/s1. The van der Waals surface area contributed by atoms with E-state index in [-0.39, 0.29) is 5.91 Å². The lowest BCUT2D eigenvalue weighted by molar-refractivity contribution is -0.150. The lowest BCUT2D eigenvalue weighted by Crippen LogP contribution is -2.37. The second-order valence-electron chi connectivity index (χ2n) is 4.25. The van der Waals surface area contributed by atoms with Gasteiger partial charge in [-0.3, -0.25) is 4.79 Å². The zero-order valence-electron chi connectivity index (χ0n) is 12.0. The molecule has 114 valence electrons. The Hall–Kier alpha value is -1.66. The molecule has 0 aliphatic heterocycles. The molecule has 1 aromatic carbocycles. The van der Waals surface area contributed by atoms with Crippen molar-refractivity contribution < 1.29 is 19.1 Å². The van der Waals surface area contributed by atoms with Crippen LogP contribution in [-0.4, -0.2) is 38.2 Å². The molecule has 0 saturated heterocycles. The summed E-state index contributed by atoms with van der Waals surface area (Å²) in [5, 5.41) is 2.60. The lowest BCUT2D eigenvalue weighted by Gasteiger charge is -2.11. The number of rotatable bonds is 7. The molecule has 0 fully saturated rings. The molecule has 0 saturated carbocycles. The van der Waals surface area contributed by atoms with E-state index < -0.39 is 12.1 Å². The highest BCUT2D eigenvalue weighted by Gasteiger charge is 2.15. The van der Waals surface area contributed by atoms with Crippen LogP contribution < -0.4 is 5.32 Å². The minimum absolute atomic E-state index is 0.351. The topological polar surface area (TPSA) is 64.6 Å². The SMILES string of the molecule is COCCNC(=O)[C@@H](C)OC(=O)/C=C/c1cccc(Br)c1. The second kappa shape index (κ2) is 9.31. The highest BCUT2D eigenvalue weighted by molar-refractivity contribution is 9.10. The van der Waals surface area contributed by atoms with Crippen LogP contribution in [0.5, 0.6) is 0 Å². The van der Waals surface area contributed by atoms with Gasteiger partial charge in [0.2, 0.25) is 0 Å². The van der Waals surface area contributed by atoms with E-state index in [0.717, 1.165) is 10.0 Å². The maximum absolute atomic E-state index is 11.6. The third-order valence-electron chi connectivity index (χ3n) is 2.53. The van der Waals surface area contributed by atoms with E-state index in [0.29, 0.717) is 13.2 Å². The highest BCUT2D eigenvalue weighted by atomic mass is 79.9. The van der Waals surface area contributed by atoms with Gasteiger partial charge in [-0.2, -0.15) is 0 Å². The van der Waals surface area contributed by atoms with Crippen LogP contribution in [0.3, 0.4) is 0 Å². The van der Waals surface area contributed by atoms with Gasteiger partial charge in [0.05, 0.1) is 6.61 Å². The number of ether oxygens (including phenoxy) is 2. The molecular formula is C15H18BrNO4. The van der Waals surface area contributed by atoms with Crippen LogP contribution in [0, 0.1) is 0 Å². The fourth-order valence-electron chi connectivity index (χ4n) is 1.46. The Morgan fingerprint density at radius 3 is 2.86 bits per heavy atom. The summed E-state index contributed by atoms with van der Waals surface area (Å²) in [6.45, 7) is 2.31. The second-order valence-corrected chi connectivity index (χ2v) is 5.17. The van der Waals surface area contributed by atoms with Crippen molar-refractivity contribution in [1.82, 2.24) is 5.32 Å². The number of carbonyl (C=O) groups excluding carboxylic acids is 2. The van der Waals surface area contributed by atoms with Gasteiger partial charge in [0, 0.05) is 24.2 Å². The molecule has 0 unspecified atom stereocenters. The van der Waals surface area contributed by atoms with Crippen molar-refractivity contribution in [3.8, 4) is 0 Å². The van der Waals surface area contributed by atoms with Gasteiger partial charge in [-0.1, -0.05) is 28.1 Å². The summed E-state index contributed by atoms with van der Waals surface area (Å²) in [6.07, 6.45) is 2.07. The Labute approximate surface area is 132 Å². The Morgan fingerprint density at radius 2 is 2.19 bits per heavy atom. The number of hydrogen-bond acceptors (Lipinski definition) is 4. The first-order chi connectivity index (χ1) is 10.0. The summed E-state index contributed by atoms with van der Waals surface area (Å²) in [4.78, 5) is 23.2.